The molecule has 0 atom stereocenters. The summed E-state index contributed by atoms with van der Waals surface area (Å²) in [7, 11) is -4.03. The van der Waals surface area contributed by atoms with E-state index in [0.717, 1.165) is 17.7 Å². The van der Waals surface area contributed by atoms with Crippen LogP contribution in [0.2, 0.25) is 5.02 Å². The third kappa shape index (κ3) is 5.06. The molecule has 32 heavy (non-hydrogen) atoms. The highest BCUT2D eigenvalue weighted by molar-refractivity contribution is 7.89. The number of hydrogen-bond acceptors (Lipinski definition) is 6. The number of piperazine rings is 1. The summed E-state index contributed by atoms with van der Waals surface area (Å²) in [6.45, 7) is 1.02. The fraction of sp³-hybridized carbons (Fsp3) is 0.300. The second-order valence-corrected chi connectivity index (χ2v) is 10.3. The number of nitrogens with zero attached hydrogens (tertiary/aromatic N) is 4. The third-order valence-electron chi connectivity index (χ3n) is 5.04. The Morgan fingerprint density at radius 2 is 1.72 bits per heavy atom. The van der Waals surface area contributed by atoms with Gasteiger partial charge in [0.25, 0.3) is 0 Å². The second-order valence-electron chi connectivity index (χ2n) is 7.21. The standard InChI is InChI=1S/C20H18ClF3N4O2S2/c21-16-6-4-14(5-7-16)12-18-25-19(31-26-18)27-8-10-28(11-9-27)32(29,30)17-3-1-2-15(13-17)20(22,23)24/h1-7,13H,8-12H2. The molecule has 0 bridgehead atoms. The Bertz CT molecular complexity index is 1190. The summed E-state index contributed by atoms with van der Waals surface area (Å²) >= 11 is 7.13. The van der Waals surface area contributed by atoms with E-state index >= 15 is 0 Å². The summed E-state index contributed by atoms with van der Waals surface area (Å²) in [6, 6.07) is 11.2. The molecule has 1 aliphatic heterocycles. The molecule has 1 aliphatic rings. The topological polar surface area (TPSA) is 66.4 Å². The Hall–Kier alpha value is -2.21. The molecule has 2 heterocycles. The molecule has 0 amide bonds. The lowest BCUT2D eigenvalue weighted by Crippen LogP contribution is -2.48. The highest BCUT2D eigenvalue weighted by Crippen LogP contribution is 2.31. The molecule has 12 heteroatoms. The van der Waals surface area contributed by atoms with Gasteiger partial charge in [-0.2, -0.15) is 21.9 Å². The largest absolute Gasteiger partial charge is 0.416 e. The van der Waals surface area contributed by atoms with Crippen molar-refractivity contribution >= 4 is 38.3 Å². The Labute approximate surface area is 192 Å². The van der Waals surface area contributed by atoms with Crippen LogP contribution in [0, 0.1) is 0 Å². The van der Waals surface area contributed by atoms with Crippen LogP contribution in [0.4, 0.5) is 18.3 Å². The van der Waals surface area contributed by atoms with E-state index in [9.17, 15) is 21.6 Å². The molecule has 1 aromatic heterocycles. The van der Waals surface area contributed by atoms with E-state index in [4.69, 9.17) is 11.6 Å². The third-order valence-corrected chi connectivity index (χ3v) is 8.00. The number of halogens is 4. The molecule has 0 radical (unpaired) electrons. The lowest BCUT2D eigenvalue weighted by atomic mass is 10.1. The van der Waals surface area contributed by atoms with Crippen LogP contribution in [0.15, 0.2) is 53.4 Å². The molecule has 2 aromatic carbocycles. The van der Waals surface area contributed by atoms with E-state index < -0.39 is 21.8 Å². The minimum atomic E-state index is -4.61. The first kappa shape index (κ1) is 23.0. The van der Waals surface area contributed by atoms with Crippen LogP contribution in [0.25, 0.3) is 0 Å². The minimum absolute atomic E-state index is 0.144. The van der Waals surface area contributed by atoms with Crippen LogP contribution in [0.1, 0.15) is 17.0 Å². The number of rotatable bonds is 5. The van der Waals surface area contributed by atoms with Crippen molar-refractivity contribution in [2.45, 2.75) is 17.5 Å². The van der Waals surface area contributed by atoms with Crippen LogP contribution in [0.3, 0.4) is 0 Å². The maximum absolute atomic E-state index is 13.0. The Balaban J connectivity index is 1.41. The summed E-state index contributed by atoms with van der Waals surface area (Å²) < 4.78 is 70.2. The predicted octanol–water partition coefficient (Wildman–Crippen LogP) is 4.31. The van der Waals surface area contributed by atoms with Crippen molar-refractivity contribution in [3.05, 3.63) is 70.5 Å². The van der Waals surface area contributed by atoms with Crippen molar-refractivity contribution < 1.29 is 21.6 Å². The van der Waals surface area contributed by atoms with Gasteiger partial charge in [0.05, 0.1) is 10.5 Å². The summed E-state index contributed by atoms with van der Waals surface area (Å²) in [5.41, 5.74) is 0.0371. The molecule has 6 nitrogen and oxygen atoms in total. The molecule has 0 aliphatic carbocycles. The van der Waals surface area contributed by atoms with E-state index in [0.29, 0.717) is 41.6 Å². The van der Waals surface area contributed by atoms with E-state index in [-0.39, 0.29) is 18.0 Å². The average molecular weight is 503 g/mol. The van der Waals surface area contributed by atoms with Gasteiger partial charge in [-0.15, -0.1) is 0 Å². The SMILES string of the molecule is O=S(=O)(c1cccc(C(F)(F)F)c1)N1CCN(c2nc(Cc3ccc(Cl)cc3)ns2)CC1. The highest BCUT2D eigenvalue weighted by atomic mass is 35.5. The van der Waals surface area contributed by atoms with Gasteiger partial charge >= 0.3 is 6.18 Å². The summed E-state index contributed by atoms with van der Waals surface area (Å²) in [6.07, 6.45) is -4.05. The number of anilines is 1. The molecular weight excluding hydrogens is 485 g/mol. The molecule has 0 spiro atoms. The molecule has 1 fully saturated rings. The quantitative estimate of drug-likeness (QED) is 0.520. The molecule has 0 N–H and O–H groups in total. The minimum Gasteiger partial charge on any atom is -0.344 e. The normalized spacial score (nSPS) is 15.8. The molecular formula is C20H18ClF3N4O2S2. The van der Waals surface area contributed by atoms with Crippen molar-refractivity contribution in [3.8, 4) is 0 Å². The maximum Gasteiger partial charge on any atom is 0.416 e. The molecule has 1 saturated heterocycles. The van der Waals surface area contributed by atoms with Gasteiger partial charge in [-0.25, -0.2) is 13.4 Å². The van der Waals surface area contributed by atoms with Crippen molar-refractivity contribution in [1.82, 2.24) is 13.7 Å². The van der Waals surface area contributed by atoms with Crippen molar-refractivity contribution in [2.75, 3.05) is 31.1 Å². The van der Waals surface area contributed by atoms with Crippen molar-refractivity contribution in [3.63, 3.8) is 0 Å². The monoisotopic (exact) mass is 502 g/mol. The van der Waals surface area contributed by atoms with Gasteiger partial charge < -0.3 is 4.90 Å². The van der Waals surface area contributed by atoms with E-state index in [1.807, 2.05) is 17.0 Å². The summed E-state index contributed by atoms with van der Waals surface area (Å²) in [4.78, 5) is 6.12. The number of sulfonamides is 1. The number of hydrogen-bond donors (Lipinski definition) is 0. The Morgan fingerprint density at radius 3 is 2.38 bits per heavy atom. The molecule has 0 unspecified atom stereocenters. The van der Waals surface area contributed by atoms with Gasteiger partial charge in [0.15, 0.2) is 0 Å². The van der Waals surface area contributed by atoms with Gasteiger partial charge in [-0.1, -0.05) is 29.8 Å². The van der Waals surface area contributed by atoms with Crippen molar-refractivity contribution in [1.29, 1.82) is 0 Å². The van der Waals surface area contributed by atoms with Crippen molar-refractivity contribution in [2.24, 2.45) is 0 Å². The Kier molecular flexibility index (Phi) is 6.44. The first-order valence-corrected chi connectivity index (χ1v) is 12.2. The van der Waals surface area contributed by atoms with Gasteiger partial charge in [0.1, 0.15) is 5.82 Å². The zero-order chi connectivity index (χ0) is 22.9. The second kappa shape index (κ2) is 8.97. The van der Waals surface area contributed by atoms with Crippen LogP contribution in [-0.4, -0.2) is 48.3 Å². The van der Waals surface area contributed by atoms with Gasteiger partial charge in [0, 0.05) is 49.2 Å². The zero-order valence-electron chi connectivity index (χ0n) is 16.6. The lowest BCUT2D eigenvalue weighted by molar-refractivity contribution is -0.137. The summed E-state index contributed by atoms with van der Waals surface area (Å²) in [5, 5.41) is 1.34. The van der Waals surface area contributed by atoms with Crippen LogP contribution < -0.4 is 4.90 Å². The van der Waals surface area contributed by atoms with Crippen LogP contribution >= 0.6 is 23.1 Å². The molecule has 170 valence electrons. The number of aromatic nitrogens is 2. The maximum atomic E-state index is 13.0. The van der Waals surface area contributed by atoms with Gasteiger partial charge in [-0.05, 0) is 35.9 Å². The predicted molar refractivity (Wildman–Crippen MR) is 117 cm³/mol. The molecule has 0 saturated carbocycles. The highest BCUT2D eigenvalue weighted by Gasteiger charge is 2.34. The lowest BCUT2D eigenvalue weighted by Gasteiger charge is -2.33. The number of benzene rings is 2. The van der Waals surface area contributed by atoms with Crippen LogP contribution in [-0.2, 0) is 22.6 Å². The molecule has 4 rings (SSSR count). The first-order valence-electron chi connectivity index (χ1n) is 9.62. The first-order chi connectivity index (χ1) is 15.1. The average Bonchev–Trinajstić information content (AvgIpc) is 3.23. The van der Waals surface area contributed by atoms with Crippen LogP contribution in [0.5, 0.6) is 0 Å². The van der Waals surface area contributed by atoms with Gasteiger partial charge in [-0.3, -0.25) is 0 Å². The van der Waals surface area contributed by atoms with Gasteiger partial charge in [0.2, 0.25) is 15.2 Å². The number of alkyl halides is 3. The van der Waals surface area contributed by atoms with E-state index in [2.05, 4.69) is 9.36 Å². The van der Waals surface area contributed by atoms with E-state index in [1.165, 1.54) is 21.9 Å². The van der Waals surface area contributed by atoms with E-state index in [1.54, 1.807) is 12.1 Å². The fourth-order valence-electron chi connectivity index (χ4n) is 3.33. The Morgan fingerprint density at radius 1 is 1.03 bits per heavy atom. The zero-order valence-corrected chi connectivity index (χ0v) is 19.0. The smallest absolute Gasteiger partial charge is 0.344 e. The molecule has 3 aromatic rings. The fourth-order valence-corrected chi connectivity index (χ4v) is 5.66. The summed E-state index contributed by atoms with van der Waals surface area (Å²) in [5.74, 6) is 0.659.